The van der Waals surface area contributed by atoms with Gasteiger partial charge in [0, 0.05) is 38.2 Å². The molecule has 2 heterocycles. The number of ether oxygens (including phenoxy) is 2. The molecule has 2 aliphatic rings. The summed E-state index contributed by atoms with van der Waals surface area (Å²) in [6.07, 6.45) is 1.30. The molecule has 3 rings (SSSR count). The lowest BCUT2D eigenvalue weighted by molar-refractivity contribution is -0.0672. The van der Waals surface area contributed by atoms with E-state index in [0.717, 1.165) is 37.4 Å². The van der Waals surface area contributed by atoms with Crippen LogP contribution in [0.15, 0.2) is 24.3 Å². The maximum Gasteiger partial charge on any atom is 0.315 e. The van der Waals surface area contributed by atoms with Crippen molar-refractivity contribution in [2.24, 2.45) is 0 Å². The van der Waals surface area contributed by atoms with Crippen molar-refractivity contribution in [3.63, 3.8) is 0 Å². The van der Waals surface area contributed by atoms with Crippen molar-refractivity contribution in [2.75, 3.05) is 32.8 Å². The normalized spacial score (nSPS) is 27.0. The molecule has 0 unspecified atom stereocenters. The van der Waals surface area contributed by atoms with Gasteiger partial charge in [0.05, 0.1) is 24.9 Å². The van der Waals surface area contributed by atoms with Gasteiger partial charge in [0.25, 0.3) is 0 Å². The molecule has 0 spiro atoms. The van der Waals surface area contributed by atoms with Crippen molar-refractivity contribution in [1.29, 1.82) is 0 Å². The lowest BCUT2D eigenvalue weighted by Crippen LogP contribution is -2.49. The van der Waals surface area contributed by atoms with Crippen LogP contribution in [0, 0.1) is 0 Å². The lowest BCUT2D eigenvalue weighted by Gasteiger charge is -2.35. The highest BCUT2D eigenvalue weighted by Crippen LogP contribution is 2.31. The zero-order valence-corrected chi connectivity index (χ0v) is 14.5. The minimum Gasteiger partial charge on any atom is -0.493 e. The number of benzene rings is 1. The van der Waals surface area contributed by atoms with Gasteiger partial charge in [-0.2, -0.15) is 0 Å². The molecular weight excluding hydrogens is 306 g/mol. The van der Waals surface area contributed by atoms with Gasteiger partial charge in [-0.3, -0.25) is 4.90 Å². The molecule has 1 fully saturated rings. The first-order valence-corrected chi connectivity index (χ1v) is 8.75. The fourth-order valence-corrected chi connectivity index (χ4v) is 3.50. The average Bonchev–Trinajstić information content (AvgIpc) is 2.54. The van der Waals surface area contributed by atoms with E-state index in [1.165, 1.54) is 0 Å². The van der Waals surface area contributed by atoms with E-state index >= 15 is 0 Å². The van der Waals surface area contributed by atoms with Crippen molar-refractivity contribution >= 4 is 6.03 Å². The summed E-state index contributed by atoms with van der Waals surface area (Å²) in [5.41, 5.74) is 1.05. The smallest absolute Gasteiger partial charge is 0.315 e. The van der Waals surface area contributed by atoms with Gasteiger partial charge in [-0.25, -0.2) is 4.79 Å². The topological polar surface area (TPSA) is 62.8 Å². The van der Waals surface area contributed by atoms with E-state index in [2.05, 4.69) is 29.4 Å². The predicted molar refractivity (Wildman–Crippen MR) is 92.3 cm³/mol. The Morgan fingerprint density at radius 1 is 1.25 bits per heavy atom. The van der Waals surface area contributed by atoms with Crippen molar-refractivity contribution in [3.05, 3.63) is 29.8 Å². The molecule has 2 aliphatic heterocycles. The number of amides is 2. The van der Waals surface area contributed by atoms with Crippen molar-refractivity contribution < 1.29 is 14.3 Å². The molecule has 2 amide bonds. The minimum atomic E-state index is -0.119. The van der Waals surface area contributed by atoms with E-state index < -0.39 is 0 Å². The number of morpholine rings is 1. The van der Waals surface area contributed by atoms with E-state index in [0.29, 0.717) is 13.2 Å². The van der Waals surface area contributed by atoms with Crippen LogP contribution < -0.4 is 15.4 Å². The first-order valence-electron chi connectivity index (χ1n) is 8.75. The van der Waals surface area contributed by atoms with Gasteiger partial charge in [0.15, 0.2) is 0 Å². The number of carbonyl (C=O) groups excluding carboxylic acids is 1. The number of nitrogens with one attached hydrogen (secondary N) is 2. The number of fused-ring (bicyclic) bond motifs is 1. The summed E-state index contributed by atoms with van der Waals surface area (Å²) in [7, 11) is 0. The van der Waals surface area contributed by atoms with Gasteiger partial charge in [0.2, 0.25) is 0 Å². The third kappa shape index (κ3) is 4.39. The molecule has 6 heteroatoms. The zero-order valence-electron chi connectivity index (χ0n) is 14.5. The molecule has 132 valence electrons. The average molecular weight is 333 g/mol. The molecule has 0 aliphatic carbocycles. The number of hydrogen-bond acceptors (Lipinski definition) is 4. The van der Waals surface area contributed by atoms with Crippen LogP contribution in [0.25, 0.3) is 0 Å². The number of urea groups is 1. The number of nitrogens with zero attached hydrogens (tertiary/aromatic N) is 1. The van der Waals surface area contributed by atoms with E-state index in [1.807, 2.05) is 24.3 Å². The highest BCUT2D eigenvalue weighted by molar-refractivity contribution is 5.74. The van der Waals surface area contributed by atoms with E-state index in [1.54, 1.807) is 0 Å². The molecule has 6 nitrogen and oxygen atoms in total. The van der Waals surface area contributed by atoms with Crippen LogP contribution in [0.1, 0.15) is 31.9 Å². The standard InChI is InChI=1S/C18H27N3O3/c1-13-11-21(12-14(2)24-13)9-8-19-18(22)20-16-7-10-23-17-6-4-3-5-15(16)17/h3-6,13-14,16H,7-12H2,1-2H3,(H2,19,20,22)/t13-,14-,16+/m1/s1. The first kappa shape index (κ1) is 17.0. The van der Waals surface area contributed by atoms with E-state index in [9.17, 15) is 4.79 Å². The minimum absolute atomic E-state index is 0.0124. The molecule has 0 radical (unpaired) electrons. The molecule has 24 heavy (non-hydrogen) atoms. The molecule has 3 atom stereocenters. The van der Waals surface area contributed by atoms with Crippen LogP contribution >= 0.6 is 0 Å². The second-order valence-electron chi connectivity index (χ2n) is 6.64. The quantitative estimate of drug-likeness (QED) is 0.884. The Bertz CT molecular complexity index is 556. The van der Waals surface area contributed by atoms with Gasteiger partial charge in [-0.05, 0) is 19.9 Å². The fourth-order valence-electron chi connectivity index (χ4n) is 3.50. The second-order valence-corrected chi connectivity index (χ2v) is 6.64. The molecule has 0 aromatic heterocycles. The Hall–Kier alpha value is -1.79. The summed E-state index contributed by atoms with van der Waals surface area (Å²) in [5, 5.41) is 6.02. The molecular formula is C18H27N3O3. The number of para-hydroxylation sites is 1. The van der Waals surface area contributed by atoms with Gasteiger partial charge >= 0.3 is 6.03 Å². The number of hydrogen-bond donors (Lipinski definition) is 2. The van der Waals surface area contributed by atoms with Crippen LogP contribution in [-0.2, 0) is 4.74 Å². The Kier molecular flexibility index (Phi) is 5.58. The Labute approximate surface area is 143 Å². The van der Waals surface area contributed by atoms with Gasteiger partial charge < -0.3 is 20.1 Å². The predicted octanol–water partition coefficient (Wildman–Crippen LogP) is 1.92. The first-order chi connectivity index (χ1) is 11.6. The van der Waals surface area contributed by atoms with Gasteiger partial charge in [-0.15, -0.1) is 0 Å². The Balaban J connectivity index is 1.43. The summed E-state index contributed by atoms with van der Waals surface area (Å²) in [4.78, 5) is 14.5. The van der Waals surface area contributed by atoms with Crippen molar-refractivity contribution in [1.82, 2.24) is 15.5 Å². The van der Waals surface area contributed by atoms with E-state index in [4.69, 9.17) is 9.47 Å². The maximum atomic E-state index is 12.2. The molecule has 0 saturated carbocycles. The van der Waals surface area contributed by atoms with Crippen LogP contribution in [0.2, 0.25) is 0 Å². The summed E-state index contributed by atoms with van der Waals surface area (Å²) in [5.74, 6) is 0.866. The highest BCUT2D eigenvalue weighted by atomic mass is 16.5. The highest BCUT2D eigenvalue weighted by Gasteiger charge is 2.23. The summed E-state index contributed by atoms with van der Waals surface area (Å²) in [6, 6.07) is 7.77. The third-order valence-corrected chi connectivity index (χ3v) is 4.47. The number of carbonyl (C=O) groups is 1. The van der Waals surface area contributed by atoms with Crippen LogP contribution in [0.4, 0.5) is 4.79 Å². The molecule has 1 aromatic rings. The zero-order chi connectivity index (χ0) is 16.9. The molecule has 2 N–H and O–H groups in total. The molecule has 0 bridgehead atoms. The number of rotatable bonds is 4. The van der Waals surface area contributed by atoms with Crippen LogP contribution in [0.3, 0.4) is 0 Å². The van der Waals surface area contributed by atoms with Crippen LogP contribution in [0.5, 0.6) is 5.75 Å². The molecule has 1 aromatic carbocycles. The Morgan fingerprint density at radius 3 is 2.79 bits per heavy atom. The lowest BCUT2D eigenvalue weighted by atomic mass is 10.0. The summed E-state index contributed by atoms with van der Waals surface area (Å²) >= 11 is 0. The summed E-state index contributed by atoms with van der Waals surface area (Å²) in [6.45, 7) is 8.12. The second kappa shape index (κ2) is 7.85. The largest absolute Gasteiger partial charge is 0.493 e. The Morgan fingerprint density at radius 2 is 2.00 bits per heavy atom. The summed E-state index contributed by atoms with van der Waals surface area (Å²) < 4.78 is 11.3. The van der Waals surface area contributed by atoms with Crippen molar-refractivity contribution in [3.8, 4) is 5.75 Å². The van der Waals surface area contributed by atoms with E-state index in [-0.39, 0.29) is 24.3 Å². The van der Waals surface area contributed by atoms with Gasteiger partial charge in [-0.1, -0.05) is 18.2 Å². The van der Waals surface area contributed by atoms with Crippen LogP contribution in [-0.4, -0.2) is 55.9 Å². The molecule has 1 saturated heterocycles. The van der Waals surface area contributed by atoms with Crippen molar-refractivity contribution in [2.45, 2.75) is 38.5 Å². The SMILES string of the molecule is C[C@@H]1CN(CCNC(=O)N[C@H]2CCOc3ccccc32)C[C@@H](C)O1. The monoisotopic (exact) mass is 333 g/mol. The van der Waals surface area contributed by atoms with Gasteiger partial charge in [0.1, 0.15) is 5.75 Å². The fraction of sp³-hybridized carbons (Fsp3) is 0.611. The third-order valence-electron chi connectivity index (χ3n) is 4.47. The maximum absolute atomic E-state index is 12.2.